The normalized spacial score (nSPS) is 22.9. The average Bonchev–Trinajstić information content (AvgIpc) is 2.52. The molecule has 0 radical (unpaired) electrons. The van der Waals surface area contributed by atoms with Gasteiger partial charge in [0.05, 0.1) is 6.04 Å². The van der Waals surface area contributed by atoms with E-state index < -0.39 is 0 Å². The summed E-state index contributed by atoms with van der Waals surface area (Å²) in [5, 5.41) is 0. The summed E-state index contributed by atoms with van der Waals surface area (Å²) < 4.78 is 0. The molecular weight excluding hydrogens is 174 g/mol. The minimum atomic E-state index is 0.107. The summed E-state index contributed by atoms with van der Waals surface area (Å²) in [7, 11) is 0. The van der Waals surface area contributed by atoms with Gasteiger partial charge in [0.25, 0.3) is 0 Å². The number of likely N-dealkylation sites (tertiary alicyclic amines) is 1. The van der Waals surface area contributed by atoms with Gasteiger partial charge in [0.2, 0.25) is 0 Å². The Morgan fingerprint density at radius 3 is 2.64 bits per heavy atom. The van der Waals surface area contributed by atoms with Gasteiger partial charge in [0, 0.05) is 19.5 Å². The first kappa shape index (κ1) is 9.41. The molecule has 1 heterocycles. The van der Waals surface area contributed by atoms with Gasteiger partial charge >= 0.3 is 0 Å². The highest BCUT2D eigenvalue weighted by atomic mass is 16.1. The summed E-state index contributed by atoms with van der Waals surface area (Å²) >= 11 is 0. The summed E-state index contributed by atoms with van der Waals surface area (Å²) in [6.45, 7) is 3.81. The molecule has 0 bridgehead atoms. The molecule has 14 heavy (non-hydrogen) atoms. The van der Waals surface area contributed by atoms with E-state index in [2.05, 4.69) is 17.0 Å². The summed E-state index contributed by atoms with van der Waals surface area (Å²) in [6.07, 6.45) is 0.716. The summed E-state index contributed by atoms with van der Waals surface area (Å²) in [5.74, 6) is 0.376. The smallest absolute Gasteiger partial charge is 0.150 e. The number of nitrogens with zero attached hydrogens (tertiary/aromatic N) is 1. The second-order valence-electron chi connectivity index (χ2n) is 3.85. The third kappa shape index (κ3) is 1.85. The average molecular weight is 189 g/mol. The molecule has 1 fully saturated rings. The van der Waals surface area contributed by atoms with Gasteiger partial charge in [-0.15, -0.1) is 0 Å². The Morgan fingerprint density at radius 2 is 2.07 bits per heavy atom. The van der Waals surface area contributed by atoms with E-state index in [-0.39, 0.29) is 6.04 Å². The summed E-state index contributed by atoms with van der Waals surface area (Å²) in [4.78, 5) is 13.6. The molecule has 0 unspecified atom stereocenters. The molecule has 0 amide bonds. The third-order valence-corrected chi connectivity index (χ3v) is 2.89. The molecule has 0 aliphatic carbocycles. The lowest BCUT2D eigenvalue weighted by atomic mass is 10.2. The van der Waals surface area contributed by atoms with Crippen molar-refractivity contribution in [3.05, 3.63) is 35.9 Å². The van der Waals surface area contributed by atoms with E-state index in [1.165, 1.54) is 5.56 Å². The van der Waals surface area contributed by atoms with Gasteiger partial charge < -0.3 is 0 Å². The van der Waals surface area contributed by atoms with E-state index in [1.54, 1.807) is 0 Å². The van der Waals surface area contributed by atoms with Crippen LogP contribution in [0.1, 0.15) is 18.9 Å². The molecule has 2 heteroatoms. The Hall–Kier alpha value is -1.15. The van der Waals surface area contributed by atoms with E-state index >= 15 is 0 Å². The molecule has 0 N–H and O–H groups in total. The topological polar surface area (TPSA) is 20.3 Å². The molecule has 1 atom stereocenters. The van der Waals surface area contributed by atoms with Crippen LogP contribution in [0.3, 0.4) is 0 Å². The van der Waals surface area contributed by atoms with Crippen LogP contribution in [0.5, 0.6) is 0 Å². The highest BCUT2D eigenvalue weighted by molar-refractivity contribution is 5.85. The molecule has 1 aliphatic rings. The standard InChI is InChI=1S/C12H15NO/c1-10-12(14)7-8-13(10)9-11-5-3-2-4-6-11/h2-6,10H,7-9H2,1H3/t10-/m1/s1. The first-order valence-electron chi connectivity index (χ1n) is 5.08. The quantitative estimate of drug-likeness (QED) is 0.707. The SMILES string of the molecule is C[C@@H]1C(=O)CCN1Cc1ccccc1. The van der Waals surface area contributed by atoms with Crippen LogP contribution in [0.4, 0.5) is 0 Å². The Kier molecular flexibility index (Phi) is 2.64. The maximum absolute atomic E-state index is 11.3. The monoisotopic (exact) mass is 189 g/mol. The molecule has 1 aromatic carbocycles. The van der Waals surface area contributed by atoms with Crippen molar-refractivity contribution in [2.24, 2.45) is 0 Å². The second kappa shape index (κ2) is 3.93. The molecule has 74 valence electrons. The van der Waals surface area contributed by atoms with Gasteiger partial charge in [-0.2, -0.15) is 0 Å². The molecule has 2 rings (SSSR count). The fourth-order valence-electron chi connectivity index (χ4n) is 1.89. The Balaban J connectivity index is 2.02. The number of benzene rings is 1. The van der Waals surface area contributed by atoms with Crippen LogP contribution >= 0.6 is 0 Å². The van der Waals surface area contributed by atoms with Crippen LogP contribution < -0.4 is 0 Å². The van der Waals surface area contributed by atoms with Gasteiger partial charge in [-0.3, -0.25) is 9.69 Å². The lowest BCUT2D eigenvalue weighted by Crippen LogP contribution is -2.29. The highest BCUT2D eigenvalue weighted by Crippen LogP contribution is 2.16. The molecule has 1 aromatic rings. The molecule has 2 nitrogen and oxygen atoms in total. The molecule has 1 aliphatic heterocycles. The Bertz CT molecular complexity index is 320. The molecule has 0 aromatic heterocycles. The number of hydrogen-bond donors (Lipinski definition) is 0. The zero-order chi connectivity index (χ0) is 9.97. The highest BCUT2D eigenvalue weighted by Gasteiger charge is 2.27. The minimum absolute atomic E-state index is 0.107. The fourth-order valence-corrected chi connectivity index (χ4v) is 1.89. The predicted molar refractivity (Wildman–Crippen MR) is 55.9 cm³/mol. The molecule has 0 spiro atoms. The van der Waals surface area contributed by atoms with Crippen LogP contribution in [0.2, 0.25) is 0 Å². The van der Waals surface area contributed by atoms with E-state index in [0.29, 0.717) is 12.2 Å². The van der Waals surface area contributed by atoms with Crippen molar-refractivity contribution in [3.63, 3.8) is 0 Å². The van der Waals surface area contributed by atoms with Crippen LogP contribution in [-0.4, -0.2) is 23.3 Å². The molecule has 1 saturated heterocycles. The summed E-state index contributed by atoms with van der Waals surface area (Å²) in [5.41, 5.74) is 1.29. The first-order chi connectivity index (χ1) is 6.77. The van der Waals surface area contributed by atoms with E-state index in [0.717, 1.165) is 13.1 Å². The van der Waals surface area contributed by atoms with Crippen LogP contribution in [0.25, 0.3) is 0 Å². The van der Waals surface area contributed by atoms with Crippen molar-refractivity contribution < 1.29 is 4.79 Å². The molecular formula is C12H15NO. The number of carbonyl (C=O) groups is 1. The Labute approximate surface area is 84.5 Å². The second-order valence-corrected chi connectivity index (χ2v) is 3.85. The van der Waals surface area contributed by atoms with Gasteiger partial charge in [0.15, 0.2) is 5.78 Å². The van der Waals surface area contributed by atoms with Crippen molar-refractivity contribution in [3.8, 4) is 0 Å². The first-order valence-corrected chi connectivity index (χ1v) is 5.08. The Morgan fingerprint density at radius 1 is 1.36 bits per heavy atom. The summed E-state index contributed by atoms with van der Waals surface area (Å²) in [6, 6.07) is 10.4. The van der Waals surface area contributed by atoms with Crippen LogP contribution in [0, 0.1) is 0 Å². The van der Waals surface area contributed by atoms with E-state index in [1.807, 2.05) is 25.1 Å². The van der Waals surface area contributed by atoms with Crippen molar-refractivity contribution in [1.82, 2.24) is 4.90 Å². The maximum atomic E-state index is 11.3. The largest absolute Gasteiger partial charge is 0.298 e. The van der Waals surface area contributed by atoms with E-state index in [4.69, 9.17) is 0 Å². The minimum Gasteiger partial charge on any atom is -0.298 e. The van der Waals surface area contributed by atoms with Crippen molar-refractivity contribution >= 4 is 5.78 Å². The molecule has 0 saturated carbocycles. The van der Waals surface area contributed by atoms with Crippen LogP contribution in [0.15, 0.2) is 30.3 Å². The van der Waals surface area contributed by atoms with Crippen molar-refractivity contribution in [2.45, 2.75) is 25.9 Å². The zero-order valence-corrected chi connectivity index (χ0v) is 8.44. The van der Waals surface area contributed by atoms with Crippen molar-refractivity contribution in [1.29, 1.82) is 0 Å². The van der Waals surface area contributed by atoms with Crippen LogP contribution in [-0.2, 0) is 11.3 Å². The van der Waals surface area contributed by atoms with Crippen molar-refractivity contribution in [2.75, 3.05) is 6.54 Å². The van der Waals surface area contributed by atoms with E-state index in [9.17, 15) is 4.79 Å². The third-order valence-electron chi connectivity index (χ3n) is 2.89. The number of carbonyl (C=O) groups excluding carboxylic acids is 1. The number of hydrogen-bond acceptors (Lipinski definition) is 2. The number of ketones is 1. The lowest BCUT2D eigenvalue weighted by Gasteiger charge is -2.19. The predicted octanol–water partition coefficient (Wildman–Crippen LogP) is 1.85. The maximum Gasteiger partial charge on any atom is 0.150 e. The van der Waals surface area contributed by atoms with Gasteiger partial charge in [0.1, 0.15) is 0 Å². The van der Waals surface area contributed by atoms with Gasteiger partial charge in [-0.1, -0.05) is 30.3 Å². The van der Waals surface area contributed by atoms with Gasteiger partial charge in [-0.25, -0.2) is 0 Å². The fraction of sp³-hybridized carbons (Fsp3) is 0.417. The lowest BCUT2D eigenvalue weighted by molar-refractivity contribution is -0.119. The zero-order valence-electron chi connectivity index (χ0n) is 8.44. The number of Topliss-reactive ketones (excluding diaryl/α,β-unsaturated/α-hetero) is 1. The van der Waals surface area contributed by atoms with Gasteiger partial charge in [-0.05, 0) is 12.5 Å². The number of rotatable bonds is 2.